The number of hydrogen-bond acceptors (Lipinski definition) is 8. The molecule has 0 spiro atoms. The fourth-order valence-electron chi connectivity index (χ4n) is 7.24. The summed E-state index contributed by atoms with van der Waals surface area (Å²) in [5, 5.41) is 16.1. The van der Waals surface area contributed by atoms with Gasteiger partial charge in [-0.2, -0.15) is 0 Å². The molecular weight excluding hydrogens is 759 g/mol. The Kier molecular flexibility index (Phi) is 14.4. The Balaban J connectivity index is 1.04. The van der Waals surface area contributed by atoms with Crippen LogP contribution in [-0.4, -0.2) is 40.3 Å². The van der Waals surface area contributed by atoms with E-state index in [-0.39, 0.29) is 36.5 Å². The van der Waals surface area contributed by atoms with Gasteiger partial charge < -0.3 is 29.6 Å². The molecule has 304 valence electrons. The molecule has 4 atom stereocenters. The van der Waals surface area contributed by atoms with Crippen molar-refractivity contribution in [2.45, 2.75) is 76.4 Å². The van der Waals surface area contributed by atoms with Crippen molar-refractivity contribution in [1.82, 2.24) is 15.6 Å². The highest BCUT2D eigenvalue weighted by Crippen LogP contribution is 2.44. The van der Waals surface area contributed by atoms with Crippen molar-refractivity contribution in [3.63, 3.8) is 0 Å². The van der Waals surface area contributed by atoms with Crippen LogP contribution in [0.4, 0.5) is 0 Å². The largest absolute Gasteiger partial charge is 0.431 e. The van der Waals surface area contributed by atoms with E-state index in [1.165, 1.54) is 18.7 Å². The lowest BCUT2D eigenvalue weighted by Gasteiger charge is -2.41. The van der Waals surface area contributed by atoms with E-state index in [0.717, 1.165) is 75.2 Å². The number of hydrogen-bond donors (Lipinski definition) is 3. The second kappa shape index (κ2) is 20.4. The van der Waals surface area contributed by atoms with Crippen molar-refractivity contribution in [3.05, 3.63) is 156 Å². The lowest BCUT2D eigenvalue weighted by atomic mass is 9.91. The molecule has 3 N–H and O–H groups in total. The molecule has 59 heavy (non-hydrogen) atoms. The average molecular weight is 810 g/mol. The number of aromatic nitrogens is 1. The summed E-state index contributed by atoms with van der Waals surface area (Å²) >= 11 is 1.54. The quantitative estimate of drug-likeness (QED) is 0.0615. The van der Waals surface area contributed by atoms with Crippen molar-refractivity contribution < 1.29 is 28.6 Å². The first-order valence-corrected chi connectivity index (χ1v) is 21.3. The second-order valence-corrected chi connectivity index (χ2v) is 15.9. The van der Waals surface area contributed by atoms with Crippen LogP contribution in [-0.2, 0) is 32.2 Å². The Morgan fingerprint density at radius 2 is 1.41 bits per heavy atom. The van der Waals surface area contributed by atoms with Gasteiger partial charge in [0.05, 0.1) is 18.8 Å². The first-order chi connectivity index (χ1) is 28.8. The minimum Gasteiger partial charge on any atom is -0.431 e. The number of benzene rings is 5. The number of nitrogens with zero attached hydrogens (tertiary/aromatic N) is 1. The van der Waals surface area contributed by atoms with Crippen molar-refractivity contribution in [1.29, 1.82) is 0 Å². The average Bonchev–Trinajstić information content (AvgIpc) is 3.72. The molecule has 1 saturated heterocycles. The zero-order valence-corrected chi connectivity index (χ0v) is 34.3. The summed E-state index contributed by atoms with van der Waals surface area (Å²) in [4.78, 5) is 28.5. The molecule has 0 radical (unpaired) electrons. The third-order valence-corrected chi connectivity index (χ3v) is 11.5. The predicted octanol–water partition coefficient (Wildman–Crippen LogP) is 10.1. The monoisotopic (exact) mass is 809 g/mol. The lowest BCUT2D eigenvalue weighted by molar-refractivity contribution is -0.268. The fourth-order valence-corrected chi connectivity index (χ4v) is 8.22. The van der Waals surface area contributed by atoms with Crippen LogP contribution in [0.3, 0.4) is 0 Å². The number of carbonyl (C=O) groups excluding carboxylic acids is 2. The molecule has 2 heterocycles. The van der Waals surface area contributed by atoms with Crippen molar-refractivity contribution in [3.8, 4) is 33.7 Å². The smallest absolute Gasteiger partial charge is 0.256 e. The fraction of sp³-hybridized carbons (Fsp3) is 0.286. The zero-order valence-electron chi connectivity index (χ0n) is 33.5. The standard InChI is InChI=1S/C49H51N3O6S/c1-33-43(32-59-49-52-45(38-14-6-3-7-15-38)47(58-49)39-16-8-4-9-17-39)56-48(57-46(33)40-22-20-35(31-53)21-23-40)41-26-24-37(25-27-41)42-18-12-13-36(29-42)30-51-44(55)19-10-5-11-28-50-34(2)54/h3-4,6-9,12-18,20-27,29,33,43,46,48,53H,5,10-11,19,28,30-32H2,1-2H3,(H,50,54)(H,51,55)/t33-,43+,46+,48+/m1/s1. The second-order valence-electron chi connectivity index (χ2n) is 14.9. The van der Waals surface area contributed by atoms with Crippen LogP contribution < -0.4 is 10.6 Å². The minimum absolute atomic E-state index is 0.00609. The van der Waals surface area contributed by atoms with E-state index in [4.69, 9.17) is 18.9 Å². The Labute approximate surface area is 350 Å². The van der Waals surface area contributed by atoms with Gasteiger partial charge in [-0.3, -0.25) is 9.59 Å². The molecule has 1 aliphatic rings. The molecule has 1 aromatic heterocycles. The van der Waals surface area contributed by atoms with Gasteiger partial charge in [0, 0.05) is 54.8 Å². The molecule has 9 nitrogen and oxygen atoms in total. The Hall–Kier alpha value is -5.52. The first-order valence-electron chi connectivity index (χ1n) is 20.3. The van der Waals surface area contributed by atoms with Gasteiger partial charge in [-0.25, -0.2) is 4.98 Å². The van der Waals surface area contributed by atoms with Gasteiger partial charge in [0.25, 0.3) is 5.22 Å². The molecule has 10 heteroatoms. The van der Waals surface area contributed by atoms with E-state index >= 15 is 0 Å². The van der Waals surface area contributed by atoms with Crippen LogP contribution in [0, 0.1) is 5.92 Å². The number of unbranched alkanes of at least 4 members (excludes halogenated alkanes) is 2. The van der Waals surface area contributed by atoms with E-state index in [1.807, 2.05) is 97.1 Å². The predicted molar refractivity (Wildman–Crippen MR) is 232 cm³/mol. The molecule has 0 bridgehead atoms. The molecule has 0 aliphatic carbocycles. The number of oxazole rings is 1. The number of aliphatic hydroxyl groups excluding tert-OH is 1. The summed E-state index contributed by atoms with van der Waals surface area (Å²) in [6.07, 6.45) is 1.92. The lowest BCUT2D eigenvalue weighted by Crippen LogP contribution is -2.38. The van der Waals surface area contributed by atoms with Gasteiger partial charge in [-0.05, 0) is 46.7 Å². The summed E-state index contributed by atoms with van der Waals surface area (Å²) in [5.41, 5.74) is 8.64. The van der Waals surface area contributed by atoms with Crippen LogP contribution in [0.2, 0.25) is 0 Å². The molecule has 0 saturated carbocycles. The molecule has 6 aromatic rings. The highest BCUT2D eigenvalue weighted by molar-refractivity contribution is 7.99. The van der Waals surface area contributed by atoms with E-state index in [9.17, 15) is 14.7 Å². The number of rotatable bonds is 17. The normalized spacial score (nSPS) is 17.7. The van der Waals surface area contributed by atoms with Crippen LogP contribution in [0.5, 0.6) is 0 Å². The van der Waals surface area contributed by atoms with Crippen molar-refractivity contribution in [2.75, 3.05) is 12.3 Å². The Morgan fingerprint density at radius 1 is 0.712 bits per heavy atom. The number of thioether (sulfide) groups is 1. The summed E-state index contributed by atoms with van der Waals surface area (Å²) in [5.74, 6) is 1.31. The van der Waals surface area contributed by atoms with Gasteiger partial charge in [0.2, 0.25) is 11.8 Å². The summed E-state index contributed by atoms with van der Waals surface area (Å²) < 4.78 is 20.0. The van der Waals surface area contributed by atoms with Crippen LogP contribution in [0.1, 0.15) is 74.2 Å². The molecule has 0 unspecified atom stereocenters. The van der Waals surface area contributed by atoms with Crippen molar-refractivity contribution >= 4 is 23.6 Å². The first kappa shape index (κ1) is 41.6. The van der Waals surface area contributed by atoms with Gasteiger partial charge in [0.1, 0.15) is 5.69 Å². The molecule has 1 fully saturated rings. The number of aliphatic hydroxyl groups is 1. The number of amides is 2. The SMILES string of the molecule is CC(=O)NCCCCCC(=O)NCc1cccc(-c2ccc([C@H]3O[C@@H](CSc4nc(-c5ccccc5)c(-c5ccccc5)o4)[C@@H](C)[C@@H](c4ccc(CO)cc4)O3)cc2)c1. The highest BCUT2D eigenvalue weighted by Gasteiger charge is 2.38. The van der Waals surface area contributed by atoms with Crippen LogP contribution in [0.25, 0.3) is 33.7 Å². The van der Waals surface area contributed by atoms with E-state index in [2.05, 4.69) is 54.0 Å². The van der Waals surface area contributed by atoms with Gasteiger partial charge >= 0.3 is 0 Å². The maximum Gasteiger partial charge on any atom is 0.256 e. The third-order valence-electron chi connectivity index (χ3n) is 10.6. The molecule has 7 rings (SSSR count). The Bertz CT molecular complexity index is 2210. The summed E-state index contributed by atoms with van der Waals surface area (Å²) in [6, 6.07) is 44.6. The van der Waals surface area contributed by atoms with Gasteiger partial charge in [-0.1, -0.05) is 153 Å². The highest BCUT2D eigenvalue weighted by atomic mass is 32.2. The maximum absolute atomic E-state index is 12.5. The van der Waals surface area contributed by atoms with Gasteiger partial charge in [-0.15, -0.1) is 0 Å². The minimum atomic E-state index is -0.621. The number of ether oxygens (including phenoxy) is 2. The topological polar surface area (TPSA) is 123 Å². The molecule has 1 aliphatic heterocycles. The van der Waals surface area contributed by atoms with Crippen LogP contribution >= 0.6 is 11.8 Å². The molecule has 2 amide bonds. The van der Waals surface area contributed by atoms with Crippen molar-refractivity contribution in [2.24, 2.45) is 5.92 Å². The Morgan fingerprint density at radius 3 is 2.12 bits per heavy atom. The number of carbonyl (C=O) groups is 2. The van der Waals surface area contributed by atoms with Gasteiger partial charge in [0.15, 0.2) is 12.1 Å². The van der Waals surface area contributed by atoms with E-state index in [0.29, 0.717) is 30.5 Å². The third kappa shape index (κ3) is 11.2. The summed E-state index contributed by atoms with van der Waals surface area (Å²) in [7, 11) is 0. The maximum atomic E-state index is 12.5. The van der Waals surface area contributed by atoms with E-state index < -0.39 is 6.29 Å². The van der Waals surface area contributed by atoms with E-state index in [1.54, 1.807) is 0 Å². The van der Waals surface area contributed by atoms with Crippen LogP contribution in [0.15, 0.2) is 143 Å². The zero-order chi connectivity index (χ0) is 41.0. The number of nitrogens with one attached hydrogen (secondary N) is 2. The molecular formula is C49H51N3O6S. The summed E-state index contributed by atoms with van der Waals surface area (Å²) in [6.45, 7) is 4.74. The molecule has 5 aromatic carbocycles.